The highest BCUT2D eigenvalue weighted by Crippen LogP contribution is 2.19. The Kier molecular flexibility index (Phi) is 3.67. The zero-order valence-corrected chi connectivity index (χ0v) is 8.54. The van der Waals surface area contributed by atoms with Crippen LogP contribution < -0.4 is 5.32 Å². The van der Waals surface area contributed by atoms with Gasteiger partial charge in [-0.3, -0.25) is 0 Å². The van der Waals surface area contributed by atoms with Crippen LogP contribution in [0, 0.1) is 0 Å². The summed E-state index contributed by atoms with van der Waals surface area (Å²) in [6.07, 6.45) is 0. The van der Waals surface area contributed by atoms with Crippen molar-refractivity contribution in [2.45, 2.75) is 31.5 Å². The molecule has 1 fully saturated rings. The highest BCUT2D eigenvalue weighted by atomic mass is 16.5. The third kappa shape index (κ3) is 2.64. The van der Waals surface area contributed by atoms with E-state index in [2.05, 4.69) is 5.32 Å². The van der Waals surface area contributed by atoms with Gasteiger partial charge in [0, 0.05) is 13.2 Å². The van der Waals surface area contributed by atoms with Gasteiger partial charge in [0.05, 0.1) is 25.9 Å². The highest BCUT2D eigenvalue weighted by molar-refractivity contribution is 4.96. The summed E-state index contributed by atoms with van der Waals surface area (Å²) in [6.45, 7) is 5.32. The van der Waals surface area contributed by atoms with E-state index < -0.39 is 5.60 Å². The third-order valence-electron chi connectivity index (χ3n) is 2.21. The molecule has 0 unspecified atom stereocenters. The first-order valence-corrected chi connectivity index (χ1v) is 4.63. The second-order valence-electron chi connectivity index (χ2n) is 3.93. The summed E-state index contributed by atoms with van der Waals surface area (Å²) in [7, 11) is 1.59. The van der Waals surface area contributed by atoms with Gasteiger partial charge in [-0.2, -0.15) is 0 Å². The topological polar surface area (TPSA) is 50.7 Å². The molecular weight excluding hydrogens is 170 g/mol. The molecule has 0 spiro atoms. The van der Waals surface area contributed by atoms with Crippen LogP contribution >= 0.6 is 0 Å². The van der Waals surface area contributed by atoms with Crippen LogP contribution in [0.5, 0.6) is 0 Å². The predicted molar refractivity (Wildman–Crippen MR) is 49.7 cm³/mol. The van der Waals surface area contributed by atoms with Crippen LogP contribution in [-0.4, -0.2) is 49.7 Å². The summed E-state index contributed by atoms with van der Waals surface area (Å²) in [4.78, 5) is 0. The van der Waals surface area contributed by atoms with Crippen molar-refractivity contribution in [1.82, 2.24) is 5.32 Å². The van der Waals surface area contributed by atoms with Crippen molar-refractivity contribution in [3.63, 3.8) is 0 Å². The zero-order valence-electron chi connectivity index (χ0n) is 8.54. The molecule has 0 aromatic rings. The summed E-state index contributed by atoms with van der Waals surface area (Å²) < 4.78 is 10.2. The third-order valence-corrected chi connectivity index (χ3v) is 2.21. The molecule has 0 aromatic carbocycles. The zero-order chi connectivity index (χ0) is 9.90. The van der Waals surface area contributed by atoms with Crippen LogP contribution in [0.1, 0.15) is 13.8 Å². The average Bonchev–Trinajstić information content (AvgIpc) is 2.32. The molecule has 1 saturated heterocycles. The molecule has 0 saturated carbocycles. The molecule has 78 valence electrons. The minimum absolute atomic E-state index is 0.0209. The number of ether oxygens (including phenoxy) is 2. The van der Waals surface area contributed by atoms with E-state index in [9.17, 15) is 5.11 Å². The number of rotatable bonds is 4. The average molecular weight is 189 g/mol. The fourth-order valence-corrected chi connectivity index (χ4v) is 1.61. The number of methoxy groups -OCH3 is 1. The first kappa shape index (κ1) is 10.9. The van der Waals surface area contributed by atoms with E-state index in [1.165, 1.54) is 0 Å². The fraction of sp³-hybridized carbons (Fsp3) is 1.00. The monoisotopic (exact) mass is 189 g/mol. The number of aliphatic hydroxyl groups is 1. The van der Waals surface area contributed by atoms with Crippen LogP contribution in [0.4, 0.5) is 0 Å². The van der Waals surface area contributed by atoms with Crippen molar-refractivity contribution in [3.05, 3.63) is 0 Å². The minimum Gasteiger partial charge on any atom is -0.383 e. The number of hydrogen-bond donors (Lipinski definition) is 2. The van der Waals surface area contributed by atoms with E-state index in [0.717, 1.165) is 0 Å². The maximum atomic E-state index is 10.1. The van der Waals surface area contributed by atoms with Gasteiger partial charge >= 0.3 is 0 Å². The Morgan fingerprint density at radius 3 is 2.92 bits per heavy atom. The molecule has 1 aliphatic rings. The lowest BCUT2D eigenvalue weighted by atomic mass is 9.98. The SMILES string of the molecule is COC[C@@]1(O)COC[C@H]1NC(C)C. The highest BCUT2D eigenvalue weighted by Gasteiger charge is 2.42. The number of hydrogen-bond acceptors (Lipinski definition) is 4. The van der Waals surface area contributed by atoms with Gasteiger partial charge in [-0.1, -0.05) is 13.8 Å². The Bertz CT molecular complexity index is 163. The molecule has 0 bridgehead atoms. The van der Waals surface area contributed by atoms with Crippen molar-refractivity contribution >= 4 is 0 Å². The van der Waals surface area contributed by atoms with E-state index in [1.807, 2.05) is 13.8 Å². The van der Waals surface area contributed by atoms with E-state index in [1.54, 1.807) is 7.11 Å². The van der Waals surface area contributed by atoms with Gasteiger partial charge in [0.15, 0.2) is 0 Å². The summed E-state index contributed by atoms with van der Waals surface area (Å²) in [6, 6.07) is 0.322. The predicted octanol–water partition coefficient (Wildman–Crippen LogP) is -0.239. The van der Waals surface area contributed by atoms with E-state index in [-0.39, 0.29) is 6.04 Å². The minimum atomic E-state index is -0.862. The van der Waals surface area contributed by atoms with E-state index >= 15 is 0 Å². The van der Waals surface area contributed by atoms with Crippen LogP contribution in [0.2, 0.25) is 0 Å². The smallest absolute Gasteiger partial charge is 0.129 e. The van der Waals surface area contributed by atoms with Crippen molar-refractivity contribution in [1.29, 1.82) is 0 Å². The van der Waals surface area contributed by atoms with Gasteiger partial charge in [-0.15, -0.1) is 0 Å². The molecular formula is C9H19NO3. The van der Waals surface area contributed by atoms with E-state index in [0.29, 0.717) is 25.9 Å². The largest absolute Gasteiger partial charge is 0.383 e. The Morgan fingerprint density at radius 2 is 2.38 bits per heavy atom. The van der Waals surface area contributed by atoms with Crippen molar-refractivity contribution in [2.24, 2.45) is 0 Å². The maximum Gasteiger partial charge on any atom is 0.129 e. The van der Waals surface area contributed by atoms with Gasteiger partial charge in [-0.05, 0) is 0 Å². The molecule has 4 heteroatoms. The summed E-state index contributed by atoms with van der Waals surface area (Å²) in [5.41, 5.74) is -0.862. The molecule has 13 heavy (non-hydrogen) atoms. The maximum absolute atomic E-state index is 10.1. The van der Waals surface area contributed by atoms with Gasteiger partial charge in [0.1, 0.15) is 5.60 Å². The molecule has 1 rings (SSSR count). The van der Waals surface area contributed by atoms with Crippen molar-refractivity contribution in [2.75, 3.05) is 26.9 Å². The lowest BCUT2D eigenvalue weighted by Gasteiger charge is -2.29. The normalized spacial score (nSPS) is 34.4. The molecule has 4 nitrogen and oxygen atoms in total. The van der Waals surface area contributed by atoms with Crippen molar-refractivity contribution < 1.29 is 14.6 Å². The lowest BCUT2D eigenvalue weighted by Crippen LogP contribution is -2.54. The second kappa shape index (κ2) is 4.37. The molecule has 1 aliphatic heterocycles. The number of nitrogens with one attached hydrogen (secondary N) is 1. The molecule has 0 aromatic heterocycles. The first-order valence-electron chi connectivity index (χ1n) is 4.63. The van der Waals surface area contributed by atoms with Crippen LogP contribution in [-0.2, 0) is 9.47 Å². The Balaban J connectivity index is 2.51. The quantitative estimate of drug-likeness (QED) is 0.641. The molecule has 0 radical (unpaired) electrons. The first-order chi connectivity index (χ1) is 6.08. The molecule has 0 aliphatic carbocycles. The van der Waals surface area contributed by atoms with Crippen LogP contribution in [0.15, 0.2) is 0 Å². The summed E-state index contributed by atoms with van der Waals surface area (Å²) >= 11 is 0. The Labute approximate surface area is 79.2 Å². The van der Waals surface area contributed by atoms with Gasteiger partial charge in [-0.25, -0.2) is 0 Å². The van der Waals surface area contributed by atoms with Crippen molar-refractivity contribution in [3.8, 4) is 0 Å². The summed E-state index contributed by atoms with van der Waals surface area (Å²) in [5, 5.41) is 13.3. The molecule has 2 N–H and O–H groups in total. The van der Waals surface area contributed by atoms with Crippen LogP contribution in [0.3, 0.4) is 0 Å². The standard InChI is InChI=1S/C9H19NO3/c1-7(2)10-8-4-13-6-9(8,11)5-12-3/h7-8,10-11H,4-6H2,1-3H3/t8-,9-/m1/s1. The van der Waals surface area contributed by atoms with Gasteiger partial charge < -0.3 is 19.9 Å². The molecule has 0 amide bonds. The fourth-order valence-electron chi connectivity index (χ4n) is 1.61. The Morgan fingerprint density at radius 1 is 1.69 bits per heavy atom. The van der Waals surface area contributed by atoms with E-state index in [4.69, 9.17) is 9.47 Å². The van der Waals surface area contributed by atoms with Gasteiger partial charge in [0.2, 0.25) is 0 Å². The summed E-state index contributed by atoms with van der Waals surface area (Å²) in [5.74, 6) is 0. The second-order valence-corrected chi connectivity index (χ2v) is 3.93. The lowest BCUT2D eigenvalue weighted by molar-refractivity contribution is -0.0484. The Hall–Kier alpha value is -0.160. The molecule has 2 atom stereocenters. The van der Waals surface area contributed by atoms with Crippen LogP contribution in [0.25, 0.3) is 0 Å². The molecule has 1 heterocycles. The van der Waals surface area contributed by atoms with Gasteiger partial charge in [0.25, 0.3) is 0 Å².